The van der Waals surface area contributed by atoms with Crippen LogP contribution in [0.25, 0.3) is 0 Å². The van der Waals surface area contributed by atoms with Crippen molar-refractivity contribution >= 4 is 23.9 Å². The van der Waals surface area contributed by atoms with Gasteiger partial charge < -0.3 is 39.6 Å². The maximum Gasteiger partial charge on any atom is 4.00 e. The van der Waals surface area contributed by atoms with Crippen LogP contribution in [0.1, 0.15) is 41.4 Å². The molecule has 0 aromatic heterocycles. The molecule has 1 radical (unpaired) electrons. The van der Waals surface area contributed by atoms with E-state index in [0.29, 0.717) is 0 Å². The Morgan fingerprint density at radius 2 is 0.640 bits per heavy atom. The smallest absolute Gasteiger partial charge is 0.545 e. The second kappa shape index (κ2) is 9.91. The first-order valence-corrected chi connectivity index (χ1v) is 6.29. The number of benzene rings is 2. The Morgan fingerprint density at radius 1 is 0.480 bits per heavy atom. The molecule has 0 unspecified atom stereocenters. The van der Waals surface area contributed by atoms with E-state index in [1.807, 2.05) is 0 Å². The quantitative estimate of drug-likeness (QED) is 0.537. The molecule has 2 aromatic rings. The van der Waals surface area contributed by atoms with Gasteiger partial charge in [-0.2, -0.15) is 0 Å². The molecule has 2 aromatic carbocycles. The van der Waals surface area contributed by atoms with E-state index in [4.69, 9.17) is 0 Å². The third-order valence-corrected chi connectivity index (χ3v) is 2.73. The van der Waals surface area contributed by atoms with Crippen molar-refractivity contribution < 1.29 is 58.2 Å². The van der Waals surface area contributed by atoms with Gasteiger partial charge in [0.05, 0.1) is 23.9 Å². The van der Waals surface area contributed by atoms with E-state index >= 15 is 0 Å². The number of aromatic carboxylic acids is 4. The van der Waals surface area contributed by atoms with Gasteiger partial charge in [-0.05, 0) is 0 Å². The molecule has 0 aliphatic carbocycles. The van der Waals surface area contributed by atoms with Crippen molar-refractivity contribution in [3.8, 4) is 0 Å². The monoisotopic (exact) mass is 379 g/mol. The van der Waals surface area contributed by atoms with Crippen molar-refractivity contribution in [2.24, 2.45) is 0 Å². The first kappa shape index (κ1) is 21.9. The van der Waals surface area contributed by atoms with E-state index < -0.39 is 23.9 Å². The Morgan fingerprint density at radius 3 is 0.760 bits per heavy atom. The Hall–Kier alpha value is -3.10. The van der Waals surface area contributed by atoms with Gasteiger partial charge >= 0.3 is 18.6 Å². The zero-order valence-electron chi connectivity index (χ0n) is 12.3. The standard InChI is InChI=1S/2C8H6O4.V/c2*9-7(10)5-3-1-2-4-6(5)8(11)12;/h2*1-4H,(H,9,10)(H,11,12);/q;;+4/p-4. The minimum atomic E-state index is -1.52. The van der Waals surface area contributed by atoms with Gasteiger partial charge in [0.25, 0.3) is 0 Å². The molecule has 0 fully saturated rings. The third-order valence-electron chi connectivity index (χ3n) is 2.73. The summed E-state index contributed by atoms with van der Waals surface area (Å²) in [6.45, 7) is 0. The van der Waals surface area contributed by atoms with E-state index in [1.54, 1.807) is 0 Å². The summed E-state index contributed by atoms with van der Waals surface area (Å²) in [5, 5.41) is 41.3. The molecule has 0 spiro atoms. The topological polar surface area (TPSA) is 161 Å². The summed E-state index contributed by atoms with van der Waals surface area (Å²) in [6, 6.07) is 10.3. The number of rotatable bonds is 4. The second-order valence-electron chi connectivity index (χ2n) is 4.24. The summed E-state index contributed by atoms with van der Waals surface area (Å²) in [7, 11) is 0. The van der Waals surface area contributed by atoms with E-state index in [1.165, 1.54) is 24.3 Å². The van der Waals surface area contributed by atoms with Crippen LogP contribution in [-0.2, 0) is 18.6 Å². The van der Waals surface area contributed by atoms with Gasteiger partial charge in [0.1, 0.15) is 0 Å². The maximum atomic E-state index is 10.3. The Bertz CT molecular complexity index is 667. The van der Waals surface area contributed by atoms with Gasteiger partial charge in [0, 0.05) is 22.3 Å². The Balaban J connectivity index is 0.000000443. The molecule has 8 nitrogen and oxygen atoms in total. The van der Waals surface area contributed by atoms with Crippen LogP contribution in [0.15, 0.2) is 48.5 Å². The molecular formula is C16H8O8V. The van der Waals surface area contributed by atoms with Crippen LogP contribution in [0, 0.1) is 0 Å². The van der Waals surface area contributed by atoms with Crippen LogP contribution in [0.5, 0.6) is 0 Å². The number of hydrogen-bond donors (Lipinski definition) is 0. The maximum absolute atomic E-state index is 10.3. The van der Waals surface area contributed by atoms with Crippen molar-refractivity contribution in [3.63, 3.8) is 0 Å². The predicted octanol–water partition coefficient (Wildman–Crippen LogP) is -3.18. The van der Waals surface area contributed by atoms with E-state index in [0.717, 1.165) is 24.3 Å². The van der Waals surface area contributed by atoms with E-state index in [9.17, 15) is 39.6 Å². The average Bonchev–Trinajstić information content (AvgIpc) is 2.55. The van der Waals surface area contributed by atoms with Gasteiger partial charge in [-0.3, -0.25) is 0 Å². The van der Waals surface area contributed by atoms with Gasteiger partial charge in [-0.15, -0.1) is 0 Å². The molecule has 0 atom stereocenters. The van der Waals surface area contributed by atoms with Gasteiger partial charge in [0.15, 0.2) is 0 Å². The van der Waals surface area contributed by atoms with Crippen molar-refractivity contribution in [3.05, 3.63) is 70.8 Å². The van der Waals surface area contributed by atoms with Crippen LogP contribution in [0.2, 0.25) is 0 Å². The second-order valence-corrected chi connectivity index (χ2v) is 4.24. The Labute approximate surface area is 153 Å². The molecular weight excluding hydrogens is 371 g/mol. The molecule has 9 heteroatoms. The van der Waals surface area contributed by atoms with Crippen molar-refractivity contribution in [2.75, 3.05) is 0 Å². The molecule has 0 aliphatic rings. The molecule has 2 rings (SSSR count). The zero-order chi connectivity index (χ0) is 18.3. The van der Waals surface area contributed by atoms with Crippen LogP contribution in [0.3, 0.4) is 0 Å². The van der Waals surface area contributed by atoms with E-state index in [2.05, 4.69) is 0 Å². The van der Waals surface area contributed by atoms with Crippen LogP contribution in [0.4, 0.5) is 0 Å². The van der Waals surface area contributed by atoms with Crippen LogP contribution in [-0.4, -0.2) is 23.9 Å². The minimum Gasteiger partial charge on any atom is -0.545 e. The van der Waals surface area contributed by atoms with Crippen molar-refractivity contribution in [1.82, 2.24) is 0 Å². The fourth-order valence-electron chi connectivity index (χ4n) is 1.68. The van der Waals surface area contributed by atoms with Gasteiger partial charge in [0.2, 0.25) is 0 Å². The molecule has 125 valence electrons. The molecule has 0 N–H and O–H groups in total. The molecule has 0 bridgehead atoms. The number of carbonyl (C=O) groups excluding carboxylic acids is 4. The molecule has 0 heterocycles. The minimum absolute atomic E-state index is 0. The largest absolute Gasteiger partial charge is 4.00 e. The molecule has 0 saturated heterocycles. The fraction of sp³-hybridized carbons (Fsp3) is 0. The first-order valence-electron chi connectivity index (χ1n) is 6.29. The zero-order valence-corrected chi connectivity index (χ0v) is 13.7. The van der Waals surface area contributed by atoms with E-state index in [-0.39, 0.29) is 40.8 Å². The van der Waals surface area contributed by atoms with Crippen LogP contribution < -0.4 is 20.4 Å². The van der Waals surface area contributed by atoms with Gasteiger partial charge in [-0.25, -0.2) is 0 Å². The van der Waals surface area contributed by atoms with Crippen molar-refractivity contribution in [1.29, 1.82) is 0 Å². The van der Waals surface area contributed by atoms with Gasteiger partial charge in [-0.1, -0.05) is 48.5 Å². The number of carboxylic acid groups (broad SMARTS) is 4. The summed E-state index contributed by atoms with van der Waals surface area (Å²) >= 11 is 0. The van der Waals surface area contributed by atoms with Crippen LogP contribution >= 0.6 is 0 Å². The normalized spacial score (nSPS) is 8.96. The summed E-state index contributed by atoms with van der Waals surface area (Å²) in [4.78, 5) is 41.3. The summed E-state index contributed by atoms with van der Waals surface area (Å²) in [5.74, 6) is -6.07. The first-order chi connectivity index (χ1) is 11.3. The predicted molar refractivity (Wildman–Crippen MR) is 70.2 cm³/mol. The fourth-order valence-corrected chi connectivity index (χ4v) is 1.68. The molecule has 25 heavy (non-hydrogen) atoms. The van der Waals surface area contributed by atoms with Crippen molar-refractivity contribution in [2.45, 2.75) is 0 Å². The third kappa shape index (κ3) is 6.13. The number of carboxylic acids is 4. The molecule has 0 aliphatic heterocycles. The summed E-state index contributed by atoms with van der Waals surface area (Å²) in [6.07, 6.45) is 0. The Kier molecular flexibility index (Phi) is 8.69. The average molecular weight is 379 g/mol. The number of hydrogen-bond acceptors (Lipinski definition) is 8. The molecule has 0 saturated carbocycles. The summed E-state index contributed by atoms with van der Waals surface area (Å²) in [5.41, 5.74) is -1.45. The number of carbonyl (C=O) groups is 4. The SMILES string of the molecule is O=C([O-])c1ccccc1C(=O)[O-].O=C([O-])c1ccccc1C(=O)[O-].[V+4]. The summed E-state index contributed by atoms with van der Waals surface area (Å²) < 4.78 is 0. The molecule has 0 amide bonds.